The molecule has 0 saturated carbocycles. The van der Waals surface area contributed by atoms with Crippen LogP contribution in [0.3, 0.4) is 0 Å². The normalized spacial score (nSPS) is 12.4. The molecule has 1 unspecified atom stereocenters. The van der Waals surface area contributed by atoms with Gasteiger partial charge in [0.25, 0.3) is 0 Å². The summed E-state index contributed by atoms with van der Waals surface area (Å²) in [7, 11) is 0. The van der Waals surface area contributed by atoms with Gasteiger partial charge >= 0.3 is 0 Å². The quantitative estimate of drug-likeness (QED) is 0.899. The van der Waals surface area contributed by atoms with Crippen LogP contribution in [0.1, 0.15) is 18.9 Å². The van der Waals surface area contributed by atoms with Crippen LogP contribution < -0.4 is 5.73 Å². The molecule has 1 heterocycles. The number of hydrogen-bond donors (Lipinski definition) is 1. The molecule has 1 atom stereocenters. The van der Waals surface area contributed by atoms with Gasteiger partial charge in [-0.05, 0) is 36.6 Å². The fourth-order valence-electron chi connectivity index (χ4n) is 1.68. The van der Waals surface area contributed by atoms with E-state index in [0.717, 1.165) is 27.8 Å². The Bertz CT molecular complexity index is 528. The van der Waals surface area contributed by atoms with Crippen molar-refractivity contribution in [1.29, 1.82) is 0 Å². The van der Waals surface area contributed by atoms with Gasteiger partial charge in [-0.15, -0.1) is 0 Å². The summed E-state index contributed by atoms with van der Waals surface area (Å²) in [6, 6.07) is 12.1. The molecule has 2 nitrogen and oxygen atoms in total. The summed E-state index contributed by atoms with van der Waals surface area (Å²) in [6.07, 6.45) is 3.76. The monoisotopic (exact) mass is 292 g/mol. The average Bonchev–Trinajstić information content (AvgIpc) is 2.43. The third kappa shape index (κ3) is 4.23. The van der Waals surface area contributed by atoms with Crippen LogP contribution in [0.4, 0.5) is 0 Å². The minimum Gasteiger partial charge on any atom is -0.327 e. The van der Waals surface area contributed by atoms with Gasteiger partial charge in [-0.1, -0.05) is 48.5 Å². The summed E-state index contributed by atoms with van der Waals surface area (Å²) in [4.78, 5) is 5.47. The molecule has 1 aromatic carbocycles. The van der Waals surface area contributed by atoms with Crippen molar-refractivity contribution in [3.63, 3.8) is 0 Å². The van der Waals surface area contributed by atoms with Gasteiger partial charge in [0.15, 0.2) is 0 Å². The third-order valence-electron chi connectivity index (χ3n) is 2.87. The molecule has 4 heteroatoms. The highest BCUT2D eigenvalue weighted by molar-refractivity contribution is 7.99. The predicted octanol–water partition coefficient (Wildman–Crippen LogP) is 4.17. The Morgan fingerprint density at radius 1 is 1.26 bits per heavy atom. The number of aromatic nitrogens is 1. The molecule has 0 aliphatic heterocycles. The van der Waals surface area contributed by atoms with Crippen molar-refractivity contribution in [3.8, 4) is 0 Å². The maximum Gasteiger partial charge on any atom is 0.101 e. The van der Waals surface area contributed by atoms with Gasteiger partial charge in [0.2, 0.25) is 0 Å². The van der Waals surface area contributed by atoms with Crippen LogP contribution in [0.15, 0.2) is 52.5 Å². The summed E-state index contributed by atoms with van der Waals surface area (Å²) in [5, 5.41) is 1.70. The molecule has 0 amide bonds. The van der Waals surface area contributed by atoms with Crippen LogP contribution >= 0.6 is 23.4 Å². The van der Waals surface area contributed by atoms with Crippen LogP contribution in [0, 0.1) is 0 Å². The van der Waals surface area contributed by atoms with E-state index in [4.69, 9.17) is 17.3 Å². The van der Waals surface area contributed by atoms with E-state index in [1.165, 1.54) is 5.56 Å². The van der Waals surface area contributed by atoms with Crippen molar-refractivity contribution in [2.45, 2.75) is 35.7 Å². The SMILES string of the molecule is CCC(N)Cc1ccc(Sc2ccccc2Cl)nc1. The summed E-state index contributed by atoms with van der Waals surface area (Å²) >= 11 is 7.70. The minimum atomic E-state index is 0.212. The second-order valence-electron chi connectivity index (χ2n) is 4.41. The lowest BCUT2D eigenvalue weighted by Crippen LogP contribution is -2.21. The van der Waals surface area contributed by atoms with Crippen molar-refractivity contribution in [2.24, 2.45) is 5.73 Å². The molecule has 0 radical (unpaired) electrons. The standard InChI is InChI=1S/C15H17ClN2S/c1-2-12(17)9-11-7-8-15(18-10-11)19-14-6-4-3-5-13(14)16/h3-8,10,12H,2,9,17H2,1H3. The Kier molecular flexibility index (Phi) is 5.25. The van der Waals surface area contributed by atoms with E-state index >= 15 is 0 Å². The van der Waals surface area contributed by atoms with Gasteiger partial charge < -0.3 is 5.73 Å². The fourth-order valence-corrected chi connectivity index (χ4v) is 2.71. The molecule has 2 N–H and O–H groups in total. The summed E-state index contributed by atoms with van der Waals surface area (Å²) in [6.45, 7) is 2.10. The highest BCUT2D eigenvalue weighted by Crippen LogP contribution is 2.31. The van der Waals surface area contributed by atoms with E-state index < -0.39 is 0 Å². The summed E-state index contributed by atoms with van der Waals surface area (Å²) in [5.74, 6) is 0. The van der Waals surface area contributed by atoms with Gasteiger partial charge in [0.05, 0.1) is 5.02 Å². The number of halogens is 1. The number of nitrogens with zero attached hydrogens (tertiary/aromatic N) is 1. The third-order valence-corrected chi connectivity index (χ3v) is 4.34. The Morgan fingerprint density at radius 2 is 2.05 bits per heavy atom. The number of rotatable bonds is 5. The fraction of sp³-hybridized carbons (Fsp3) is 0.267. The Morgan fingerprint density at radius 3 is 2.68 bits per heavy atom. The van der Waals surface area contributed by atoms with Crippen LogP contribution in [0.25, 0.3) is 0 Å². The Balaban J connectivity index is 2.05. The highest BCUT2D eigenvalue weighted by Gasteiger charge is 2.05. The molecule has 0 aliphatic carbocycles. The molecular weight excluding hydrogens is 276 g/mol. The van der Waals surface area contributed by atoms with Crippen molar-refractivity contribution < 1.29 is 0 Å². The largest absolute Gasteiger partial charge is 0.327 e. The topological polar surface area (TPSA) is 38.9 Å². The van der Waals surface area contributed by atoms with Crippen LogP contribution in [0.2, 0.25) is 5.02 Å². The zero-order valence-electron chi connectivity index (χ0n) is 10.8. The molecular formula is C15H17ClN2S. The number of nitrogens with two attached hydrogens (primary N) is 1. The smallest absolute Gasteiger partial charge is 0.101 e. The lowest BCUT2D eigenvalue weighted by molar-refractivity contribution is 0.644. The zero-order valence-corrected chi connectivity index (χ0v) is 12.4. The Labute approximate surface area is 123 Å². The number of hydrogen-bond acceptors (Lipinski definition) is 3. The molecule has 2 aromatic rings. The number of benzene rings is 1. The second kappa shape index (κ2) is 6.94. The first-order valence-corrected chi connectivity index (χ1v) is 7.51. The van der Waals surface area contributed by atoms with E-state index in [0.29, 0.717) is 0 Å². The lowest BCUT2D eigenvalue weighted by Gasteiger charge is -2.08. The molecule has 0 fully saturated rings. The van der Waals surface area contributed by atoms with Gasteiger partial charge in [0.1, 0.15) is 5.03 Å². The molecule has 0 saturated heterocycles. The van der Waals surface area contributed by atoms with Crippen LogP contribution in [0.5, 0.6) is 0 Å². The summed E-state index contributed by atoms with van der Waals surface area (Å²) < 4.78 is 0. The zero-order chi connectivity index (χ0) is 13.7. The van der Waals surface area contributed by atoms with Crippen molar-refractivity contribution in [3.05, 3.63) is 53.2 Å². The van der Waals surface area contributed by atoms with Crippen LogP contribution in [-0.4, -0.2) is 11.0 Å². The first-order valence-electron chi connectivity index (χ1n) is 6.32. The van der Waals surface area contributed by atoms with E-state index in [1.807, 2.05) is 36.5 Å². The Hall–Kier alpha value is -1.03. The molecule has 0 spiro atoms. The van der Waals surface area contributed by atoms with Crippen LogP contribution in [-0.2, 0) is 6.42 Å². The van der Waals surface area contributed by atoms with E-state index in [2.05, 4.69) is 18.0 Å². The molecule has 2 rings (SSSR count). The molecule has 1 aromatic heterocycles. The summed E-state index contributed by atoms with van der Waals surface area (Å²) in [5.41, 5.74) is 7.11. The maximum absolute atomic E-state index is 6.13. The van der Waals surface area contributed by atoms with E-state index in [-0.39, 0.29) is 6.04 Å². The first-order chi connectivity index (χ1) is 9.19. The highest BCUT2D eigenvalue weighted by atomic mass is 35.5. The maximum atomic E-state index is 6.13. The van der Waals surface area contributed by atoms with Gasteiger partial charge in [-0.3, -0.25) is 0 Å². The van der Waals surface area contributed by atoms with Gasteiger partial charge in [0, 0.05) is 17.1 Å². The van der Waals surface area contributed by atoms with Crippen molar-refractivity contribution in [2.75, 3.05) is 0 Å². The first kappa shape index (κ1) is 14.4. The number of pyridine rings is 1. The second-order valence-corrected chi connectivity index (χ2v) is 5.88. The van der Waals surface area contributed by atoms with Gasteiger partial charge in [-0.25, -0.2) is 4.98 Å². The van der Waals surface area contributed by atoms with Crippen molar-refractivity contribution in [1.82, 2.24) is 4.98 Å². The minimum absolute atomic E-state index is 0.212. The predicted molar refractivity (Wildman–Crippen MR) is 81.8 cm³/mol. The lowest BCUT2D eigenvalue weighted by atomic mass is 10.1. The average molecular weight is 293 g/mol. The van der Waals surface area contributed by atoms with E-state index in [1.54, 1.807) is 11.8 Å². The molecule has 0 aliphatic rings. The molecule has 100 valence electrons. The van der Waals surface area contributed by atoms with Gasteiger partial charge in [-0.2, -0.15) is 0 Å². The molecule has 19 heavy (non-hydrogen) atoms. The van der Waals surface area contributed by atoms with Crippen molar-refractivity contribution >= 4 is 23.4 Å². The van der Waals surface area contributed by atoms with E-state index in [9.17, 15) is 0 Å². The molecule has 0 bridgehead atoms.